The highest BCUT2D eigenvalue weighted by molar-refractivity contribution is 6.00. The molecule has 1 amide bonds. The van der Waals surface area contributed by atoms with Crippen LogP contribution in [-0.4, -0.2) is 21.9 Å². The minimum atomic E-state index is -0.613. The van der Waals surface area contributed by atoms with Crippen LogP contribution in [0.5, 0.6) is 0 Å². The molecule has 1 N–H and O–H groups in total. The summed E-state index contributed by atoms with van der Waals surface area (Å²) in [4.78, 5) is 25.7. The highest BCUT2D eigenvalue weighted by atomic mass is 16.2. The Balaban J connectivity index is 1.70. The number of nitrogens with one attached hydrogen (secondary N) is 1. The molecule has 4 rings (SSSR count). The van der Waals surface area contributed by atoms with E-state index in [-0.39, 0.29) is 16.8 Å². The van der Waals surface area contributed by atoms with Crippen LogP contribution in [0, 0.1) is 32.1 Å². The van der Waals surface area contributed by atoms with Crippen LogP contribution in [-0.2, 0) is 0 Å². The fraction of sp³-hybridized carbons (Fsp3) is 0.115. The second kappa shape index (κ2) is 8.89. The average molecular weight is 435 g/mol. The van der Waals surface area contributed by atoms with Gasteiger partial charge in [0.25, 0.3) is 11.5 Å². The summed E-state index contributed by atoms with van der Waals surface area (Å²) in [6.45, 7) is 5.40. The molecule has 0 saturated heterocycles. The van der Waals surface area contributed by atoms with Gasteiger partial charge in [0.15, 0.2) is 5.69 Å². The van der Waals surface area contributed by atoms with E-state index in [1.807, 2.05) is 68.4 Å². The van der Waals surface area contributed by atoms with Gasteiger partial charge in [-0.25, -0.2) is 5.43 Å². The molecule has 33 heavy (non-hydrogen) atoms. The number of nitrogens with zero attached hydrogens (tertiary/aromatic N) is 4. The molecule has 0 unspecified atom stereocenters. The van der Waals surface area contributed by atoms with Crippen molar-refractivity contribution in [3.05, 3.63) is 105 Å². The third kappa shape index (κ3) is 4.14. The Kier molecular flexibility index (Phi) is 5.83. The van der Waals surface area contributed by atoms with Gasteiger partial charge in [0.1, 0.15) is 11.6 Å². The molecular formula is C26H21N5O2. The first-order valence-electron chi connectivity index (χ1n) is 10.3. The molecule has 0 atom stereocenters. The van der Waals surface area contributed by atoms with E-state index >= 15 is 0 Å². The summed E-state index contributed by atoms with van der Waals surface area (Å²) < 4.78 is 1.08. The highest BCUT2D eigenvalue weighted by Gasteiger charge is 2.20. The molecule has 1 heterocycles. The molecule has 7 nitrogen and oxygen atoms in total. The van der Waals surface area contributed by atoms with Crippen molar-refractivity contribution in [1.29, 1.82) is 5.26 Å². The first-order chi connectivity index (χ1) is 15.9. The van der Waals surface area contributed by atoms with Crippen LogP contribution in [0.2, 0.25) is 0 Å². The molecule has 1 aromatic heterocycles. The predicted molar refractivity (Wildman–Crippen MR) is 128 cm³/mol. The Morgan fingerprint density at radius 2 is 1.82 bits per heavy atom. The van der Waals surface area contributed by atoms with Crippen molar-refractivity contribution in [2.75, 3.05) is 0 Å². The van der Waals surface area contributed by atoms with Crippen molar-refractivity contribution in [3.8, 4) is 11.8 Å². The molecule has 7 heteroatoms. The van der Waals surface area contributed by atoms with Crippen LogP contribution < -0.4 is 11.0 Å². The number of hydrazone groups is 1. The number of nitriles is 1. The van der Waals surface area contributed by atoms with Gasteiger partial charge in [0, 0.05) is 11.1 Å². The molecule has 162 valence electrons. The number of hydrogen-bond donors (Lipinski definition) is 1. The zero-order chi connectivity index (χ0) is 23.5. The SMILES string of the molecule is Cc1ccc(-n2nc(C(=O)N/N=C/c3cccc4ccccc34)c(C)c(C#N)c2=O)cc1C. The molecule has 3 aromatic carbocycles. The van der Waals surface area contributed by atoms with E-state index in [1.165, 1.54) is 6.92 Å². The first kappa shape index (κ1) is 21.7. The predicted octanol–water partition coefficient (Wildman–Crippen LogP) is 3.95. The Hall–Kier alpha value is -4.57. The number of carbonyl (C=O) groups is 1. The van der Waals surface area contributed by atoms with E-state index in [0.717, 1.165) is 32.1 Å². The average Bonchev–Trinajstić information content (AvgIpc) is 2.81. The number of aryl methyl sites for hydroxylation is 2. The molecular weight excluding hydrogens is 414 g/mol. The minimum absolute atomic E-state index is 0.0422. The Morgan fingerprint density at radius 1 is 1.06 bits per heavy atom. The first-order valence-corrected chi connectivity index (χ1v) is 10.3. The summed E-state index contributed by atoms with van der Waals surface area (Å²) in [5, 5.41) is 20.0. The number of benzene rings is 3. The van der Waals surface area contributed by atoms with Crippen LogP contribution in [0.4, 0.5) is 0 Å². The van der Waals surface area contributed by atoms with Gasteiger partial charge in [-0.1, -0.05) is 48.5 Å². The molecule has 0 fully saturated rings. The van der Waals surface area contributed by atoms with Gasteiger partial charge >= 0.3 is 0 Å². The maximum atomic E-state index is 12.9. The molecule has 0 aliphatic carbocycles. The van der Waals surface area contributed by atoms with Gasteiger partial charge in [-0.3, -0.25) is 9.59 Å². The molecule has 0 aliphatic heterocycles. The topological polar surface area (TPSA) is 100 Å². The van der Waals surface area contributed by atoms with Crippen LogP contribution in [0.1, 0.15) is 38.3 Å². The lowest BCUT2D eigenvalue weighted by Gasteiger charge is -2.11. The quantitative estimate of drug-likeness (QED) is 0.387. The smallest absolute Gasteiger partial charge is 0.266 e. The van der Waals surface area contributed by atoms with Crippen LogP contribution >= 0.6 is 0 Å². The Labute approximate surface area is 190 Å². The van der Waals surface area contributed by atoms with Crippen molar-refractivity contribution in [1.82, 2.24) is 15.2 Å². The number of carbonyl (C=O) groups excluding carboxylic acids is 1. The van der Waals surface area contributed by atoms with Crippen molar-refractivity contribution in [2.24, 2.45) is 5.10 Å². The highest BCUT2D eigenvalue weighted by Crippen LogP contribution is 2.17. The third-order valence-corrected chi connectivity index (χ3v) is 5.59. The van der Waals surface area contributed by atoms with Crippen molar-refractivity contribution >= 4 is 22.9 Å². The van der Waals surface area contributed by atoms with E-state index in [2.05, 4.69) is 15.6 Å². The van der Waals surface area contributed by atoms with Crippen molar-refractivity contribution in [3.63, 3.8) is 0 Å². The van der Waals surface area contributed by atoms with Gasteiger partial charge in [0.05, 0.1) is 11.9 Å². The fourth-order valence-electron chi connectivity index (χ4n) is 3.56. The van der Waals surface area contributed by atoms with Crippen molar-refractivity contribution in [2.45, 2.75) is 20.8 Å². The Morgan fingerprint density at radius 3 is 2.58 bits per heavy atom. The lowest BCUT2D eigenvalue weighted by Crippen LogP contribution is -2.31. The number of aromatic nitrogens is 2. The van der Waals surface area contributed by atoms with Crippen molar-refractivity contribution < 1.29 is 4.79 Å². The summed E-state index contributed by atoms with van der Waals surface area (Å²) in [6, 6.07) is 21.0. The standard InChI is InChI=1S/C26H21N5O2/c1-16-11-12-21(13-17(16)2)31-26(33)23(14-27)18(3)24(30-31)25(32)29-28-15-20-9-6-8-19-7-4-5-10-22(19)20/h4-13,15H,1-3H3,(H,29,32)/b28-15+. The third-order valence-electron chi connectivity index (χ3n) is 5.59. The summed E-state index contributed by atoms with van der Waals surface area (Å²) in [5.41, 5.74) is 5.27. The Bertz CT molecular complexity index is 1520. The van der Waals surface area contributed by atoms with Crippen LogP contribution in [0.3, 0.4) is 0 Å². The second-order valence-electron chi connectivity index (χ2n) is 7.71. The van der Waals surface area contributed by atoms with Crippen LogP contribution in [0.15, 0.2) is 70.6 Å². The summed E-state index contributed by atoms with van der Waals surface area (Å²) in [6.07, 6.45) is 1.56. The lowest BCUT2D eigenvalue weighted by atomic mass is 10.1. The summed E-state index contributed by atoms with van der Waals surface area (Å²) >= 11 is 0. The number of fused-ring (bicyclic) bond motifs is 1. The van der Waals surface area contributed by atoms with E-state index in [4.69, 9.17) is 0 Å². The molecule has 0 radical (unpaired) electrons. The van der Waals surface area contributed by atoms with Gasteiger partial charge in [-0.2, -0.15) is 20.1 Å². The van der Waals surface area contributed by atoms with Gasteiger partial charge in [0.2, 0.25) is 0 Å². The van der Waals surface area contributed by atoms with E-state index < -0.39 is 11.5 Å². The fourth-order valence-corrected chi connectivity index (χ4v) is 3.56. The molecule has 0 bridgehead atoms. The minimum Gasteiger partial charge on any atom is -0.266 e. The van der Waals surface area contributed by atoms with Gasteiger partial charge < -0.3 is 0 Å². The summed E-state index contributed by atoms with van der Waals surface area (Å²) in [5.74, 6) is -0.613. The number of rotatable bonds is 4. The second-order valence-corrected chi connectivity index (χ2v) is 7.71. The van der Waals surface area contributed by atoms with Gasteiger partial charge in [-0.15, -0.1) is 0 Å². The lowest BCUT2D eigenvalue weighted by molar-refractivity contribution is 0.0947. The zero-order valence-electron chi connectivity index (χ0n) is 18.5. The number of amides is 1. The number of hydrogen-bond acceptors (Lipinski definition) is 5. The molecule has 0 spiro atoms. The maximum absolute atomic E-state index is 12.9. The van der Waals surface area contributed by atoms with Crippen LogP contribution in [0.25, 0.3) is 16.5 Å². The normalized spacial score (nSPS) is 11.0. The zero-order valence-corrected chi connectivity index (χ0v) is 18.5. The van der Waals surface area contributed by atoms with E-state index in [1.54, 1.807) is 18.3 Å². The molecule has 4 aromatic rings. The molecule has 0 aliphatic rings. The van der Waals surface area contributed by atoms with E-state index in [9.17, 15) is 14.9 Å². The largest absolute Gasteiger partial charge is 0.292 e. The van der Waals surface area contributed by atoms with Gasteiger partial charge in [-0.05, 0) is 54.8 Å². The summed E-state index contributed by atoms with van der Waals surface area (Å²) in [7, 11) is 0. The maximum Gasteiger partial charge on any atom is 0.292 e. The monoisotopic (exact) mass is 435 g/mol. The van der Waals surface area contributed by atoms with E-state index in [0.29, 0.717) is 5.69 Å². The molecule has 0 saturated carbocycles.